The van der Waals surface area contributed by atoms with Crippen LogP contribution in [0.1, 0.15) is 38.5 Å². The molecule has 3 aromatic rings. The van der Waals surface area contributed by atoms with Gasteiger partial charge in [-0.1, -0.05) is 67.3 Å². The van der Waals surface area contributed by atoms with E-state index in [1.807, 2.05) is 12.1 Å². The number of ketones is 1. The van der Waals surface area contributed by atoms with Gasteiger partial charge >= 0.3 is 5.97 Å². The first kappa shape index (κ1) is 20.0. The fraction of sp³-hybridized carbons (Fsp3) is 0.0400. The van der Waals surface area contributed by atoms with E-state index in [1.165, 1.54) is 30.3 Å². The molecule has 0 heterocycles. The number of allylic oxidation sites excluding steroid dienone is 1. The lowest BCUT2D eigenvalue weighted by atomic mass is 9.90. The van der Waals surface area contributed by atoms with Crippen LogP contribution in [0.15, 0.2) is 85.5 Å². The second kappa shape index (κ2) is 8.93. The molecule has 1 unspecified atom stereocenters. The molecule has 0 aliphatic rings. The van der Waals surface area contributed by atoms with E-state index in [2.05, 4.69) is 6.58 Å². The molecule has 0 radical (unpaired) electrons. The number of carboxylic acids is 1. The van der Waals surface area contributed by atoms with Crippen LogP contribution in [0.25, 0.3) is 12.2 Å². The van der Waals surface area contributed by atoms with Gasteiger partial charge in [0.25, 0.3) is 0 Å². The molecule has 29 heavy (non-hydrogen) atoms. The minimum Gasteiger partial charge on any atom is -0.481 e. The molecule has 1 N–H and O–H groups in total. The molecule has 0 aliphatic carbocycles. The third-order valence-electron chi connectivity index (χ3n) is 4.58. The molecule has 0 fully saturated rings. The van der Waals surface area contributed by atoms with Gasteiger partial charge in [-0.05, 0) is 52.6 Å². The second-order valence-electron chi connectivity index (χ2n) is 6.51. The van der Waals surface area contributed by atoms with Gasteiger partial charge in [0.1, 0.15) is 11.7 Å². The van der Waals surface area contributed by atoms with Crippen molar-refractivity contribution in [2.24, 2.45) is 0 Å². The van der Waals surface area contributed by atoms with E-state index < -0.39 is 17.7 Å². The molecule has 0 saturated carbocycles. The zero-order valence-electron chi connectivity index (χ0n) is 15.6. The van der Waals surface area contributed by atoms with Crippen LogP contribution in [0.5, 0.6) is 0 Å². The predicted molar refractivity (Wildman–Crippen MR) is 112 cm³/mol. The molecule has 0 saturated heterocycles. The van der Waals surface area contributed by atoms with Crippen molar-refractivity contribution in [3.8, 4) is 0 Å². The molecule has 0 spiro atoms. The molecular weight excluding hydrogens is 367 g/mol. The van der Waals surface area contributed by atoms with Gasteiger partial charge in [0, 0.05) is 5.56 Å². The summed E-state index contributed by atoms with van der Waals surface area (Å²) in [5.74, 6) is -2.35. The Bertz CT molecular complexity index is 1050. The normalized spacial score (nSPS) is 11.9. The average molecular weight is 386 g/mol. The van der Waals surface area contributed by atoms with Crippen molar-refractivity contribution in [2.45, 2.75) is 5.92 Å². The molecule has 0 bridgehead atoms. The van der Waals surface area contributed by atoms with Crippen molar-refractivity contribution in [2.75, 3.05) is 0 Å². The number of carbonyl (C=O) groups excluding carboxylic acids is 1. The highest BCUT2D eigenvalue weighted by atomic mass is 19.1. The fourth-order valence-electron chi connectivity index (χ4n) is 2.98. The third-order valence-corrected chi connectivity index (χ3v) is 4.58. The monoisotopic (exact) mass is 386 g/mol. The summed E-state index contributed by atoms with van der Waals surface area (Å²) < 4.78 is 12.9. The van der Waals surface area contributed by atoms with Crippen LogP contribution < -0.4 is 0 Å². The lowest BCUT2D eigenvalue weighted by Crippen LogP contribution is -2.13. The zero-order valence-corrected chi connectivity index (χ0v) is 15.6. The highest BCUT2D eigenvalue weighted by Crippen LogP contribution is 2.26. The van der Waals surface area contributed by atoms with Crippen LogP contribution in [0, 0.1) is 5.82 Å². The largest absolute Gasteiger partial charge is 0.481 e. The molecule has 1 atom stereocenters. The van der Waals surface area contributed by atoms with E-state index >= 15 is 0 Å². The molecule has 0 amide bonds. The Morgan fingerprint density at radius 3 is 1.83 bits per heavy atom. The first-order chi connectivity index (χ1) is 14.0. The number of hydrogen-bond donors (Lipinski definition) is 1. The van der Waals surface area contributed by atoms with Gasteiger partial charge in [0.2, 0.25) is 0 Å². The summed E-state index contributed by atoms with van der Waals surface area (Å²) in [5, 5.41) is 9.69. The number of hydrogen-bond acceptors (Lipinski definition) is 2. The van der Waals surface area contributed by atoms with Gasteiger partial charge in [0.15, 0.2) is 5.78 Å². The van der Waals surface area contributed by atoms with Crippen molar-refractivity contribution in [1.29, 1.82) is 0 Å². The Balaban J connectivity index is 1.78. The number of aliphatic carboxylic acids is 1. The number of benzene rings is 3. The second-order valence-corrected chi connectivity index (χ2v) is 6.51. The lowest BCUT2D eigenvalue weighted by molar-refractivity contribution is -0.137. The van der Waals surface area contributed by atoms with Gasteiger partial charge in [-0.25, -0.2) is 4.39 Å². The Morgan fingerprint density at radius 2 is 1.34 bits per heavy atom. The van der Waals surface area contributed by atoms with E-state index in [9.17, 15) is 19.1 Å². The molecule has 144 valence electrons. The van der Waals surface area contributed by atoms with Crippen LogP contribution in [0.2, 0.25) is 0 Å². The summed E-state index contributed by atoms with van der Waals surface area (Å²) in [4.78, 5) is 24.0. The minimum atomic E-state index is -0.939. The third kappa shape index (κ3) is 4.93. The molecule has 0 aliphatic heterocycles. The number of carbonyl (C=O) groups is 2. The van der Waals surface area contributed by atoms with E-state index in [4.69, 9.17) is 0 Å². The maximum atomic E-state index is 12.9. The number of halogens is 1. The quantitative estimate of drug-likeness (QED) is 0.426. The van der Waals surface area contributed by atoms with Crippen molar-refractivity contribution < 1.29 is 19.1 Å². The number of carboxylic acid groups (broad SMARTS) is 1. The fourth-order valence-corrected chi connectivity index (χ4v) is 2.98. The van der Waals surface area contributed by atoms with Crippen molar-refractivity contribution in [1.82, 2.24) is 0 Å². The SMILES string of the molecule is C=Cc1ccc(C(C(=O)O)c2ccc(C=CC(=O)c3ccc(F)cc3)cc2)cc1. The van der Waals surface area contributed by atoms with Crippen LogP contribution in [0.4, 0.5) is 4.39 Å². The summed E-state index contributed by atoms with van der Waals surface area (Å²) in [7, 11) is 0. The molecule has 0 aromatic heterocycles. The molecular formula is C25H19FO3. The molecule has 4 heteroatoms. The van der Waals surface area contributed by atoms with Gasteiger partial charge in [-0.15, -0.1) is 0 Å². The Labute approximate surface area is 168 Å². The first-order valence-corrected chi connectivity index (χ1v) is 9.01. The molecule has 3 aromatic carbocycles. The summed E-state index contributed by atoms with van der Waals surface area (Å²) in [6, 6.07) is 19.6. The summed E-state index contributed by atoms with van der Waals surface area (Å²) >= 11 is 0. The smallest absolute Gasteiger partial charge is 0.315 e. The summed E-state index contributed by atoms with van der Waals surface area (Å²) in [6.07, 6.45) is 4.75. The standard InChI is InChI=1S/C25H19FO3/c1-2-17-3-8-20(9-4-17)24(25(28)29)21-10-5-18(6-11-21)7-16-23(27)19-12-14-22(26)15-13-19/h2-16,24H,1H2,(H,28,29). The van der Waals surface area contributed by atoms with Crippen LogP contribution in [-0.4, -0.2) is 16.9 Å². The Hall–Kier alpha value is -3.79. The van der Waals surface area contributed by atoms with E-state index in [0.29, 0.717) is 16.7 Å². The number of rotatable bonds is 7. The van der Waals surface area contributed by atoms with Crippen molar-refractivity contribution >= 4 is 23.9 Å². The highest BCUT2D eigenvalue weighted by molar-refractivity contribution is 6.06. The average Bonchev–Trinajstić information content (AvgIpc) is 2.74. The van der Waals surface area contributed by atoms with Crippen LogP contribution in [0.3, 0.4) is 0 Å². The molecule has 3 rings (SSSR count). The van der Waals surface area contributed by atoms with Gasteiger partial charge in [0.05, 0.1) is 0 Å². The topological polar surface area (TPSA) is 54.4 Å². The Kier molecular flexibility index (Phi) is 6.15. The summed E-state index contributed by atoms with van der Waals surface area (Å²) in [5.41, 5.74) is 3.40. The highest BCUT2D eigenvalue weighted by Gasteiger charge is 2.21. The molecule has 3 nitrogen and oxygen atoms in total. The van der Waals surface area contributed by atoms with Gasteiger partial charge in [-0.2, -0.15) is 0 Å². The minimum absolute atomic E-state index is 0.236. The Morgan fingerprint density at radius 1 is 0.828 bits per heavy atom. The van der Waals surface area contributed by atoms with Crippen molar-refractivity contribution in [3.05, 3.63) is 119 Å². The maximum Gasteiger partial charge on any atom is 0.315 e. The first-order valence-electron chi connectivity index (χ1n) is 9.01. The van der Waals surface area contributed by atoms with E-state index in [-0.39, 0.29) is 5.78 Å². The van der Waals surface area contributed by atoms with Gasteiger partial charge < -0.3 is 5.11 Å². The zero-order chi connectivity index (χ0) is 20.8. The maximum absolute atomic E-state index is 12.9. The van der Waals surface area contributed by atoms with Gasteiger partial charge in [-0.3, -0.25) is 9.59 Å². The van der Waals surface area contributed by atoms with Crippen LogP contribution >= 0.6 is 0 Å². The lowest BCUT2D eigenvalue weighted by Gasteiger charge is -2.14. The van der Waals surface area contributed by atoms with Crippen LogP contribution in [-0.2, 0) is 4.79 Å². The van der Waals surface area contributed by atoms with E-state index in [1.54, 1.807) is 48.6 Å². The van der Waals surface area contributed by atoms with Crippen molar-refractivity contribution in [3.63, 3.8) is 0 Å². The predicted octanol–water partition coefficient (Wildman–Crippen LogP) is 5.58. The summed E-state index contributed by atoms with van der Waals surface area (Å²) in [6.45, 7) is 3.70. The van der Waals surface area contributed by atoms with E-state index in [0.717, 1.165) is 11.1 Å².